The van der Waals surface area contributed by atoms with Gasteiger partial charge in [0, 0.05) is 11.3 Å². The number of halogens is 4. The van der Waals surface area contributed by atoms with Crippen molar-refractivity contribution in [1.29, 1.82) is 0 Å². The smallest absolute Gasteiger partial charge is 0.255 e. The molecule has 0 aliphatic heterocycles. The molecular formula is C13H7Cl3FNO2. The maximum Gasteiger partial charge on any atom is 0.255 e. The fourth-order valence-corrected chi connectivity index (χ4v) is 2.08. The van der Waals surface area contributed by atoms with E-state index in [0.717, 1.165) is 6.07 Å². The zero-order chi connectivity index (χ0) is 14.9. The van der Waals surface area contributed by atoms with Crippen LogP contribution in [0.15, 0.2) is 30.3 Å². The number of amides is 1. The van der Waals surface area contributed by atoms with Crippen molar-refractivity contribution in [3.05, 3.63) is 56.8 Å². The van der Waals surface area contributed by atoms with Crippen LogP contribution in [0.2, 0.25) is 15.1 Å². The molecule has 3 nitrogen and oxygen atoms in total. The van der Waals surface area contributed by atoms with Crippen LogP contribution in [0.1, 0.15) is 10.4 Å². The number of nitrogens with one attached hydrogen (secondary N) is 1. The summed E-state index contributed by atoms with van der Waals surface area (Å²) in [6, 6.07) is 6.33. The van der Waals surface area contributed by atoms with Crippen molar-refractivity contribution in [2.45, 2.75) is 0 Å². The lowest BCUT2D eigenvalue weighted by molar-refractivity contribution is 0.102. The van der Waals surface area contributed by atoms with Gasteiger partial charge in [0.05, 0.1) is 15.1 Å². The molecule has 1 amide bonds. The zero-order valence-electron chi connectivity index (χ0n) is 9.75. The fourth-order valence-electron chi connectivity index (χ4n) is 1.48. The Labute approximate surface area is 128 Å². The predicted octanol–water partition coefficient (Wildman–Crippen LogP) is 4.74. The maximum absolute atomic E-state index is 13.3. The Bertz CT molecular complexity index is 668. The highest BCUT2D eigenvalue weighted by Crippen LogP contribution is 2.34. The van der Waals surface area contributed by atoms with Crippen molar-refractivity contribution in [3.8, 4) is 5.75 Å². The Balaban J connectivity index is 2.25. The Morgan fingerprint density at radius 3 is 2.20 bits per heavy atom. The van der Waals surface area contributed by atoms with Crippen LogP contribution in [0.5, 0.6) is 5.75 Å². The molecule has 0 spiro atoms. The highest BCUT2D eigenvalue weighted by atomic mass is 35.5. The molecule has 0 fully saturated rings. The quantitative estimate of drug-likeness (QED) is 0.779. The summed E-state index contributed by atoms with van der Waals surface area (Å²) in [7, 11) is 0. The van der Waals surface area contributed by atoms with E-state index < -0.39 is 11.7 Å². The molecule has 0 aromatic heterocycles. The van der Waals surface area contributed by atoms with Gasteiger partial charge < -0.3 is 10.4 Å². The minimum Gasteiger partial charge on any atom is -0.505 e. The van der Waals surface area contributed by atoms with Crippen LogP contribution in [0.25, 0.3) is 0 Å². The third kappa shape index (κ3) is 3.15. The molecule has 0 saturated heterocycles. The van der Waals surface area contributed by atoms with Gasteiger partial charge in [0.15, 0.2) is 5.75 Å². The summed E-state index contributed by atoms with van der Waals surface area (Å²) in [5.74, 6) is -1.52. The summed E-state index contributed by atoms with van der Waals surface area (Å²) in [5.41, 5.74) is 0.366. The molecule has 2 aromatic rings. The molecular weight excluding hydrogens is 328 g/mol. The van der Waals surface area contributed by atoms with Gasteiger partial charge in [-0.1, -0.05) is 34.8 Å². The summed E-state index contributed by atoms with van der Waals surface area (Å²) < 4.78 is 13.3. The summed E-state index contributed by atoms with van der Waals surface area (Å²) in [6.45, 7) is 0. The molecule has 2 N–H and O–H groups in total. The van der Waals surface area contributed by atoms with E-state index >= 15 is 0 Å². The highest BCUT2D eigenvalue weighted by Gasteiger charge is 2.12. The lowest BCUT2D eigenvalue weighted by Crippen LogP contribution is -2.12. The number of aromatic hydroxyl groups is 1. The number of hydrogen-bond donors (Lipinski definition) is 2. The monoisotopic (exact) mass is 333 g/mol. The molecule has 104 valence electrons. The number of phenolic OH excluding ortho intramolecular Hbond substituents is 1. The van der Waals surface area contributed by atoms with Gasteiger partial charge in [0.25, 0.3) is 5.91 Å². The van der Waals surface area contributed by atoms with Gasteiger partial charge in [-0.3, -0.25) is 4.79 Å². The second-order valence-corrected chi connectivity index (χ2v) is 5.09. The average molecular weight is 335 g/mol. The lowest BCUT2D eigenvalue weighted by Gasteiger charge is -2.08. The van der Waals surface area contributed by atoms with Gasteiger partial charge >= 0.3 is 0 Å². The van der Waals surface area contributed by atoms with Gasteiger partial charge in [-0.2, -0.15) is 0 Å². The molecule has 0 saturated carbocycles. The van der Waals surface area contributed by atoms with Crippen molar-refractivity contribution < 1.29 is 14.3 Å². The SMILES string of the molecule is O=C(Nc1cc(Cl)c(O)c(Cl)c1)c1ccc(Cl)c(F)c1. The first kappa shape index (κ1) is 14.9. The predicted molar refractivity (Wildman–Crippen MR) is 77.5 cm³/mol. The Morgan fingerprint density at radius 1 is 1.05 bits per heavy atom. The molecule has 2 rings (SSSR count). The number of phenols is 1. The van der Waals surface area contributed by atoms with E-state index in [-0.39, 0.29) is 32.1 Å². The highest BCUT2D eigenvalue weighted by molar-refractivity contribution is 6.37. The van der Waals surface area contributed by atoms with Crippen LogP contribution in [-0.4, -0.2) is 11.0 Å². The molecule has 0 aliphatic rings. The van der Waals surface area contributed by atoms with E-state index in [2.05, 4.69) is 5.32 Å². The van der Waals surface area contributed by atoms with Gasteiger partial charge in [0.2, 0.25) is 0 Å². The number of carbonyl (C=O) groups is 1. The molecule has 0 heterocycles. The number of rotatable bonds is 2. The van der Waals surface area contributed by atoms with Crippen LogP contribution in [0, 0.1) is 5.82 Å². The van der Waals surface area contributed by atoms with Gasteiger partial charge in [0.1, 0.15) is 5.82 Å². The van der Waals surface area contributed by atoms with Gasteiger partial charge in [-0.25, -0.2) is 4.39 Å². The van der Waals surface area contributed by atoms with Gasteiger partial charge in [-0.05, 0) is 30.3 Å². The number of anilines is 1. The Hall–Kier alpha value is -1.49. The Kier molecular flexibility index (Phi) is 4.38. The van der Waals surface area contributed by atoms with Crippen molar-refractivity contribution in [1.82, 2.24) is 0 Å². The first-order valence-electron chi connectivity index (χ1n) is 5.33. The topological polar surface area (TPSA) is 49.3 Å². The Morgan fingerprint density at radius 2 is 1.65 bits per heavy atom. The van der Waals surface area contributed by atoms with E-state index in [1.54, 1.807) is 0 Å². The van der Waals surface area contributed by atoms with E-state index in [1.165, 1.54) is 24.3 Å². The molecule has 0 atom stereocenters. The maximum atomic E-state index is 13.3. The summed E-state index contributed by atoms with van der Waals surface area (Å²) in [6.07, 6.45) is 0. The van der Waals surface area contributed by atoms with Crippen molar-refractivity contribution >= 4 is 46.4 Å². The number of carbonyl (C=O) groups excluding carboxylic acids is 1. The molecule has 0 bridgehead atoms. The summed E-state index contributed by atoms with van der Waals surface area (Å²) in [5, 5.41) is 11.8. The van der Waals surface area contributed by atoms with Crippen molar-refractivity contribution in [3.63, 3.8) is 0 Å². The van der Waals surface area contributed by atoms with Crippen LogP contribution in [0.3, 0.4) is 0 Å². The zero-order valence-corrected chi connectivity index (χ0v) is 12.0. The standard InChI is InChI=1S/C13H7Cl3FNO2/c14-8-2-1-6(3-11(8)17)13(20)18-7-4-9(15)12(19)10(16)5-7/h1-5,19H,(H,18,20). The van der Waals surface area contributed by atoms with Crippen LogP contribution >= 0.6 is 34.8 Å². The average Bonchev–Trinajstić information content (AvgIpc) is 2.39. The molecule has 0 radical (unpaired) electrons. The largest absolute Gasteiger partial charge is 0.505 e. The molecule has 7 heteroatoms. The lowest BCUT2D eigenvalue weighted by atomic mass is 10.2. The van der Waals surface area contributed by atoms with Crippen molar-refractivity contribution in [2.24, 2.45) is 0 Å². The first-order valence-corrected chi connectivity index (χ1v) is 6.46. The van der Waals surface area contributed by atoms with E-state index in [4.69, 9.17) is 34.8 Å². The minimum absolute atomic E-state index is 0.00455. The van der Waals surface area contributed by atoms with Crippen molar-refractivity contribution in [2.75, 3.05) is 5.32 Å². The van der Waals surface area contributed by atoms with Crippen LogP contribution < -0.4 is 5.32 Å². The number of benzene rings is 2. The second kappa shape index (κ2) is 5.87. The third-order valence-corrected chi connectivity index (χ3v) is 3.34. The number of hydrogen-bond acceptors (Lipinski definition) is 2. The van der Waals surface area contributed by atoms with Gasteiger partial charge in [-0.15, -0.1) is 0 Å². The van der Waals surface area contributed by atoms with Crippen LogP contribution in [-0.2, 0) is 0 Å². The van der Waals surface area contributed by atoms with E-state index in [1.807, 2.05) is 0 Å². The first-order chi connectivity index (χ1) is 9.38. The van der Waals surface area contributed by atoms with E-state index in [9.17, 15) is 14.3 Å². The molecule has 0 aliphatic carbocycles. The van der Waals surface area contributed by atoms with E-state index in [0.29, 0.717) is 0 Å². The summed E-state index contributed by atoms with van der Waals surface area (Å²) in [4.78, 5) is 11.9. The fraction of sp³-hybridized carbons (Fsp3) is 0. The molecule has 2 aromatic carbocycles. The minimum atomic E-state index is -0.693. The van der Waals surface area contributed by atoms with Crippen LogP contribution in [0.4, 0.5) is 10.1 Å². The normalized spacial score (nSPS) is 10.4. The molecule has 20 heavy (non-hydrogen) atoms. The second-order valence-electron chi connectivity index (χ2n) is 3.87. The third-order valence-electron chi connectivity index (χ3n) is 2.46. The summed E-state index contributed by atoms with van der Waals surface area (Å²) >= 11 is 17.0. The molecule has 0 unspecified atom stereocenters.